The van der Waals surface area contributed by atoms with Crippen LogP contribution in [0.2, 0.25) is 0 Å². The third-order valence-electron chi connectivity index (χ3n) is 11.9. The monoisotopic (exact) mass is 886 g/mol. The Morgan fingerprint density at radius 1 is 0.652 bits per heavy atom. The van der Waals surface area contributed by atoms with Crippen molar-refractivity contribution >= 4 is 58.1 Å². The first-order valence-corrected chi connectivity index (χ1v) is 21.7. The van der Waals surface area contributed by atoms with Crippen molar-refractivity contribution in [2.75, 3.05) is 52.2 Å². The van der Waals surface area contributed by atoms with Gasteiger partial charge in [-0.3, -0.25) is 19.6 Å². The summed E-state index contributed by atoms with van der Waals surface area (Å²) in [6, 6.07) is 30.2. The lowest BCUT2D eigenvalue weighted by atomic mass is 10.0. The minimum atomic E-state index is -0.249. The Morgan fingerprint density at radius 3 is 1.64 bits per heavy atom. The van der Waals surface area contributed by atoms with Crippen molar-refractivity contribution in [3.05, 3.63) is 150 Å². The number of methoxy groups -OCH3 is 3. The van der Waals surface area contributed by atoms with Gasteiger partial charge in [-0.1, -0.05) is 36.4 Å². The molecule has 9 rings (SSSR count). The predicted octanol–water partition coefficient (Wildman–Crippen LogP) is 9.64. The molecule has 336 valence electrons. The molecule has 14 heteroatoms. The fourth-order valence-electron chi connectivity index (χ4n) is 8.27. The summed E-state index contributed by atoms with van der Waals surface area (Å²) < 4.78 is 34.8. The molecule has 0 aliphatic carbocycles. The van der Waals surface area contributed by atoms with Crippen LogP contribution in [0, 0.1) is 0 Å². The third-order valence-corrected chi connectivity index (χ3v) is 11.9. The fourth-order valence-corrected chi connectivity index (χ4v) is 8.27. The molecule has 0 radical (unpaired) electrons. The molecule has 0 spiro atoms. The number of ether oxygens (including phenoxy) is 6. The fraction of sp³-hybridized carbons (Fsp3) is 0.231. The van der Waals surface area contributed by atoms with E-state index in [4.69, 9.17) is 38.4 Å². The predicted molar refractivity (Wildman–Crippen MR) is 256 cm³/mol. The first-order chi connectivity index (χ1) is 32.2. The number of anilines is 2. The van der Waals surface area contributed by atoms with Gasteiger partial charge in [-0.05, 0) is 82.9 Å². The van der Waals surface area contributed by atoms with Crippen LogP contribution in [0.15, 0.2) is 132 Å². The van der Waals surface area contributed by atoms with Crippen LogP contribution in [0.3, 0.4) is 0 Å². The van der Waals surface area contributed by atoms with Gasteiger partial charge in [-0.2, -0.15) is 0 Å². The van der Waals surface area contributed by atoms with Crippen LogP contribution in [-0.2, 0) is 11.3 Å². The Hall–Kier alpha value is -8.00. The number of aliphatic imine (C=N–C) groups is 2. The lowest BCUT2D eigenvalue weighted by Gasteiger charge is -2.19. The van der Waals surface area contributed by atoms with E-state index in [0.29, 0.717) is 83.9 Å². The minimum absolute atomic E-state index is 0.162. The molecular weight excluding hydrogens is 837 g/mol. The second-order valence-electron chi connectivity index (χ2n) is 16.0. The third kappa shape index (κ3) is 9.03. The summed E-state index contributed by atoms with van der Waals surface area (Å²) in [7, 11) is 6.60. The summed E-state index contributed by atoms with van der Waals surface area (Å²) in [5, 5.41) is 6.32. The van der Waals surface area contributed by atoms with Crippen molar-refractivity contribution in [2.24, 2.45) is 9.98 Å². The van der Waals surface area contributed by atoms with Crippen LogP contribution in [0.4, 0.5) is 22.7 Å². The van der Waals surface area contributed by atoms with Gasteiger partial charge in [-0.25, -0.2) is 0 Å². The van der Waals surface area contributed by atoms with E-state index in [1.54, 1.807) is 55.4 Å². The molecule has 66 heavy (non-hydrogen) atoms. The van der Waals surface area contributed by atoms with Crippen molar-refractivity contribution < 1.29 is 38.0 Å². The molecule has 0 saturated heterocycles. The molecule has 5 aromatic rings. The first kappa shape index (κ1) is 43.3. The largest absolute Gasteiger partial charge is 0.497 e. The summed E-state index contributed by atoms with van der Waals surface area (Å²) in [5.74, 6) is 2.65. The van der Waals surface area contributed by atoms with Crippen LogP contribution in [0.5, 0.6) is 28.7 Å². The smallest absolute Gasteiger partial charge is 0.260 e. The van der Waals surface area contributed by atoms with E-state index < -0.39 is 0 Å². The summed E-state index contributed by atoms with van der Waals surface area (Å²) >= 11 is 0. The standard InChI is InChI=1S/C52H50N6O8/c1-32(66-31-33-7-13-38(53-2)14-8-33)56-39-15-9-34(10-16-39)36-21-40-27-54-45-25-49(47(62-4)23-43(45)51(59)57(40)29-36)64-19-6-20-65-50-26-46-44(24-48(50)63-5)52(60)58-30-37(22-41(58)28-55-46)35-11-17-42(61-3)18-12-35/h7-18,23-30,40-41,53,56H,1,6,19-22,31H2,2-5H3/t40-,41-/m0/s1. The van der Waals surface area contributed by atoms with Crippen molar-refractivity contribution in [1.29, 1.82) is 0 Å². The van der Waals surface area contributed by atoms with Crippen LogP contribution in [-0.4, -0.2) is 87.7 Å². The Labute approximate surface area is 383 Å². The van der Waals surface area contributed by atoms with E-state index >= 15 is 0 Å². The molecule has 0 aromatic heterocycles. The summed E-state index contributed by atoms with van der Waals surface area (Å²) in [6.07, 6.45) is 9.18. The van der Waals surface area contributed by atoms with Crippen molar-refractivity contribution in [1.82, 2.24) is 9.80 Å². The molecule has 0 bridgehead atoms. The number of hydrogen-bond donors (Lipinski definition) is 2. The number of carbonyl (C=O) groups excluding carboxylic acids is 2. The molecule has 4 heterocycles. The normalized spacial score (nSPS) is 16.7. The maximum atomic E-state index is 14.0. The zero-order chi connectivity index (χ0) is 45.7. The van der Waals surface area contributed by atoms with Gasteiger partial charge in [0.15, 0.2) is 28.9 Å². The molecule has 2 atom stereocenters. The van der Waals surface area contributed by atoms with Gasteiger partial charge in [0, 0.05) is 74.6 Å². The number of hydrogen-bond acceptors (Lipinski definition) is 12. The maximum absolute atomic E-state index is 14.0. The van der Waals surface area contributed by atoms with Gasteiger partial charge < -0.3 is 48.9 Å². The number of nitrogens with one attached hydrogen (secondary N) is 2. The number of benzene rings is 5. The summed E-state index contributed by atoms with van der Waals surface area (Å²) in [5.41, 5.74) is 8.86. The summed E-state index contributed by atoms with van der Waals surface area (Å²) in [6.45, 7) is 4.99. The average Bonchev–Trinajstić information content (AvgIpc) is 3.93. The quantitative estimate of drug-likeness (QED) is 0.0684. The van der Waals surface area contributed by atoms with E-state index in [2.05, 4.69) is 17.2 Å². The van der Waals surface area contributed by atoms with Crippen molar-refractivity contribution in [2.45, 2.75) is 38.0 Å². The topological polar surface area (TPSA) is 145 Å². The molecule has 2 amide bonds. The average molecular weight is 887 g/mol. The molecule has 5 aromatic carbocycles. The van der Waals surface area contributed by atoms with E-state index in [9.17, 15) is 9.59 Å². The Morgan fingerprint density at radius 2 is 1.15 bits per heavy atom. The van der Waals surface area contributed by atoms with Crippen LogP contribution in [0.25, 0.3) is 11.1 Å². The van der Waals surface area contributed by atoms with Crippen molar-refractivity contribution in [3.8, 4) is 28.7 Å². The Balaban J connectivity index is 0.790. The molecule has 4 aliphatic rings. The first-order valence-electron chi connectivity index (χ1n) is 21.7. The van der Waals surface area contributed by atoms with Crippen LogP contribution < -0.4 is 34.3 Å². The van der Waals surface area contributed by atoms with Gasteiger partial charge in [0.25, 0.3) is 11.8 Å². The molecule has 0 saturated carbocycles. The number of nitrogens with zero attached hydrogens (tertiary/aromatic N) is 4. The number of carbonyl (C=O) groups is 2. The highest BCUT2D eigenvalue weighted by molar-refractivity contribution is 6.06. The maximum Gasteiger partial charge on any atom is 0.260 e. The Kier molecular flexibility index (Phi) is 12.5. The van der Waals surface area contributed by atoms with Gasteiger partial charge in [0.05, 0.1) is 69.1 Å². The highest BCUT2D eigenvalue weighted by atomic mass is 16.5. The van der Waals surface area contributed by atoms with E-state index in [1.807, 2.05) is 105 Å². The number of fused-ring (bicyclic) bond motifs is 4. The van der Waals surface area contributed by atoms with E-state index in [-0.39, 0.29) is 30.5 Å². The van der Waals surface area contributed by atoms with Crippen LogP contribution >= 0.6 is 0 Å². The zero-order valence-corrected chi connectivity index (χ0v) is 37.2. The molecule has 14 nitrogen and oxygen atoms in total. The Bertz CT molecular complexity index is 2780. The molecule has 4 aliphatic heterocycles. The lowest BCUT2D eigenvalue weighted by Crippen LogP contribution is -2.32. The van der Waals surface area contributed by atoms with Crippen LogP contribution in [0.1, 0.15) is 56.7 Å². The number of rotatable bonds is 17. The minimum Gasteiger partial charge on any atom is -0.497 e. The van der Waals surface area contributed by atoms with Gasteiger partial charge in [-0.15, -0.1) is 0 Å². The van der Waals surface area contributed by atoms with Crippen molar-refractivity contribution in [3.63, 3.8) is 0 Å². The highest BCUT2D eigenvalue weighted by Gasteiger charge is 2.35. The second-order valence-corrected chi connectivity index (χ2v) is 16.0. The zero-order valence-electron chi connectivity index (χ0n) is 37.2. The molecular formula is C52H50N6O8. The molecule has 2 N–H and O–H groups in total. The lowest BCUT2D eigenvalue weighted by molar-refractivity contribution is 0.0809. The van der Waals surface area contributed by atoms with E-state index in [0.717, 1.165) is 45.0 Å². The van der Waals surface area contributed by atoms with Gasteiger partial charge in [0.2, 0.25) is 0 Å². The highest BCUT2D eigenvalue weighted by Crippen LogP contribution is 2.42. The number of amides is 2. The van der Waals surface area contributed by atoms with Gasteiger partial charge in [0.1, 0.15) is 12.4 Å². The molecule has 0 fully saturated rings. The second kappa shape index (κ2) is 19.0. The molecule has 0 unspecified atom stereocenters. The summed E-state index contributed by atoms with van der Waals surface area (Å²) in [4.78, 5) is 40.7. The van der Waals surface area contributed by atoms with Gasteiger partial charge >= 0.3 is 0 Å². The SMILES string of the molecule is C=C(Nc1ccc(C2=CN3C(=O)c4cc(OC)c(OCCCOc5cc6c(cc5OC)C(=O)N5C=C(c7ccc(OC)cc7)C[C@H]5C=N6)cc4N=C[C@@H]3C2)cc1)OCc1ccc(NC)cc1. The van der Waals surface area contributed by atoms with E-state index in [1.165, 1.54) is 0 Å².